The zero-order chi connectivity index (χ0) is 15.9. The molecular weight excluding hydrogens is 322 g/mol. The molecule has 5 nitrogen and oxygen atoms in total. The van der Waals surface area contributed by atoms with Gasteiger partial charge in [0.2, 0.25) is 0 Å². The van der Waals surface area contributed by atoms with Gasteiger partial charge in [-0.05, 0) is 30.2 Å². The maximum atomic E-state index is 12.8. The molecule has 0 spiro atoms. The summed E-state index contributed by atoms with van der Waals surface area (Å²) in [6.07, 6.45) is 2.03. The molecule has 1 aromatic heterocycles. The average Bonchev–Trinajstić information content (AvgIpc) is 2.73. The quantitative estimate of drug-likeness (QED) is 0.788. The maximum absolute atomic E-state index is 12.8. The van der Waals surface area contributed by atoms with Crippen molar-refractivity contribution >= 4 is 34.9 Å². The maximum Gasteiger partial charge on any atom is 0.319 e. The predicted octanol–water partition coefficient (Wildman–Crippen LogP) is 2.62. The van der Waals surface area contributed by atoms with Crippen molar-refractivity contribution in [2.75, 3.05) is 33.7 Å². The molecule has 2 bridgehead atoms. The van der Waals surface area contributed by atoms with Crippen LogP contribution in [0.2, 0.25) is 5.02 Å². The molecule has 3 fully saturated rings. The molecule has 4 rings (SSSR count). The number of amides is 3. The Labute approximate surface area is 139 Å². The first-order valence-electron chi connectivity index (χ1n) is 7.47. The lowest BCUT2D eigenvalue weighted by Gasteiger charge is -2.35. The van der Waals surface area contributed by atoms with Crippen LogP contribution in [0.1, 0.15) is 22.5 Å². The molecule has 0 aromatic carbocycles. The summed E-state index contributed by atoms with van der Waals surface area (Å²) in [7, 11) is 3.53. The van der Waals surface area contributed by atoms with Crippen LogP contribution in [0.5, 0.6) is 0 Å². The Morgan fingerprint density at radius 3 is 2.68 bits per heavy atom. The Hall–Kier alpha value is -1.27. The fourth-order valence-corrected chi connectivity index (χ4v) is 4.44. The lowest BCUT2D eigenvalue weighted by molar-refractivity contribution is 0.0591. The molecule has 3 saturated heterocycles. The smallest absolute Gasteiger partial charge is 0.319 e. The number of thiophene rings is 1. The topological polar surface area (TPSA) is 43.9 Å². The van der Waals surface area contributed by atoms with Gasteiger partial charge in [0, 0.05) is 39.8 Å². The summed E-state index contributed by atoms with van der Waals surface area (Å²) in [5.74, 6) is 0.360. The normalized spacial score (nSPS) is 24.3. The van der Waals surface area contributed by atoms with Gasteiger partial charge < -0.3 is 14.7 Å². The third-order valence-corrected chi connectivity index (χ3v) is 5.77. The Morgan fingerprint density at radius 1 is 1.27 bits per heavy atom. The molecule has 3 aliphatic rings. The van der Waals surface area contributed by atoms with Gasteiger partial charge in [0.15, 0.2) is 0 Å². The number of halogens is 1. The van der Waals surface area contributed by atoms with Gasteiger partial charge >= 0.3 is 6.03 Å². The van der Waals surface area contributed by atoms with Gasteiger partial charge in [-0.3, -0.25) is 4.79 Å². The van der Waals surface area contributed by atoms with Crippen molar-refractivity contribution in [1.29, 1.82) is 0 Å². The Balaban J connectivity index is 1.80. The van der Waals surface area contributed by atoms with E-state index in [1.165, 1.54) is 11.3 Å². The molecular formula is C15H20ClN3O2S. The zero-order valence-corrected chi connectivity index (χ0v) is 14.4. The van der Waals surface area contributed by atoms with Crippen molar-refractivity contribution in [2.24, 2.45) is 5.92 Å². The molecule has 120 valence electrons. The molecule has 4 heterocycles. The van der Waals surface area contributed by atoms with Crippen molar-refractivity contribution in [2.45, 2.75) is 18.9 Å². The zero-order valence-electron chi connectivity index (χ0n) is 12.8. The van der Waals surface area contributed by atoms with Gasteiger partial charge in [-0.15, -0.1) is 11.3 Å². The average molecular weight is 342 g/mol. The summed E-state index contributed by atoms with van der Waals surface area (Å²) in [6.45, 7) is 2.06. The van der Waals surface area contributed by atoms with E-state index in [1.54, 1.807) is 25.1 Å². The van der Waals surface area contributed by atoms with Crippen LogP contribution in [0.25, 0.3) is 0 Å². The van der Waals surface area contributed by atoms with Crippen LogP contribution in [0.4, 0.5) is 4.79 Å². The standard InChI is InChI=1S/C15H20ClN3O2S/c1-17(2)15(21)18-7-10-3-4-11(9-18)19(8-10)14(20)13-12(16)5-6-22-13/h5-6,10-11H,3-4,7-9H2,1-2H3/t10-,11+/m0/s1. The molecule has 0 aliphatic carbocycles. The van der Waals surface area contributed by atoms with Gasteiger partial charge in [0.1, 0.15) is 4.88 Å². The number of carbonyl (C=O) groups excluding carboxylic acids is 2. The van der Waals surface area contributed by atoms with E-state index in [2.05, 4.69) is 0 Å². The van der Waals surface area contributed by atoms with Crippen molar-refractivity contribution in [3.05, 3.63) is 21.3 Å². The SMILES string of the molecule is CN(C)C(=O)N1C[C@@H]2CC[C@H](C1)N(C(=O)c1sccc1Cl)C2. The summed E-state index contributed by atoms with van der Waals surface area (Å²) in [5.41, 5.74) is 0. The van der Waals surface area contributed by atoms with Crippen molar-refractivity contribution < 1.29 is 9.59 Å². The van der Waals surface area contributed by atoms with Gasteiger partial charge in [0.25, 0.3) is 5.91 Å². The minimum Gasteiger partial charge on any atom is -0.333 e. The molecule has 0 saturated carbocycles. The van der Waals surface area contributed by atoms with E-state index in [0.29, 0.717) is 22.4 Å². The second-order valence-electron chi connectivity index (χ2n) is 6.23. The van der Waals surface area contributed by atoms with E-state index >= 15 is 0 Å². The van der Waals surface area contributed by atoms with Crippen LogP contribution in [-0.2, 0) is 0 Å². The van der Waals surface area contributed by atoms with Crippen LogP contribution in [0, 0.1) is 5.92 Å². The summed E-state index contributed by atoms with van der Waals surface area (Å²) < 4.78 is 0. The molecule has 2 atom stereocenters. The molecule has 0 unspecified atom stereocenters. The third kappa shape index (κ3) is 2.82. The number of rotatable bonds is 1. The molecule has 3 aliphatic heterocycles. The van der Waals surface area contributed by atoms with Gasteiger partial charge in [-0.1, -0.05) is 11.6 Å². The highest BCUT2D eigenvalue weighted by atomic mass is 35.5. The van der Waals surface area contributed by atoms with Gasteiger partial charge in [-0.25, -0.2) is 4.79 Å². The molecule has 0 N–H and O–H groups in total. The van der Waals surface area contributed by atoms with E-state index in [0.717, 1.165) is 25.9 Å². The monoisotopic (exact) mass is 341 g/mol. The number of nitrogens with zero attached hydrogens (tertiary/aromatic N) is 3. The number of piperidine rings is 1. The van der Waals surface area contributed by atoms with Gasteiger partial charge in [0.05, 0.1) is 5.02 Å². The molecule has 7 heteroatoms. The Morgan fingerprint density at radius 2 is 2.05 bits per heavy atom. The van der Waals surface area contributed by atoms with Crippen LogP contribution in [0.15, 0.2) is 11.4 Å². The van der Waals surface area contributed by atoms with E-state index in [4.69, 9.17) is 11.6 Å². The van der Waals surface area contributed by atoms with Crippen LogP contribution < -0.4 is 0 Å². The minimum absolute atomic E-state index is 0.00820. The first kappa shape index (κ1) is 15.6. The first-order chi connectivity index (χ1) is 10.5. The molecule has 1 aromatic rings. The number of hydrogen-bond donors (Lipinski definition) is 0. The van der Waals surface area contributed by atoms with Crippen LogP contribution in [0.3, 0.4) is 0 Å². The number of urea groups is 1. The largest absolute Gasteiger partial charge is 0.333 e. The summed E-state index contributed by atoms with van der Waals surface area (Å²) >= 11 is 7.49. The van der Waals surface area contributed by atoms with Crippen LogP contribution in [-0.4, -0.2) is 66.4 Å². The molecule has 0 radical (unpaired) electrons. The summed E-state index contributed by atoms with van der Waals surface area (Å²) in [5, 5.41) is 2.37. The van der Waals surface area contributed by atoms with E-state index in [1.807, 2.05) is 15.2 Å². The van der Waals surface area contributed by atoms with E-state index in [9.17, 15) is 9.59 Å². The fraction of sp³-hybridized carbons (Fsp3) is 0.600. The predicted molar refractivity (Wildman–Crippen MR) is 87.5 cm³/mol. The fourth-order valence-electron chi connectivity index (χ4n) is 3.35. The highest BCUT2D eigenvalue weighted by Crippen LogP contribution is 2.32. The van der Waals surface area contributed by atoms with Crippen molar-refractivity contribution in [3.63, 3.8) is 0 Å². The third-order valence-electron chi connectivity index (χ3n) is 4.44. The lowest BCUT2D eigenvalue weighted by Crippen LogP contribution is -2.48. The van der Waals surface area contributed by atoms with Crippen molar-refractivity contribution in [3.8, 4) is 0 Å². The van der Waals surface area contributed by atoms with E-state index < -0.39 is 0 Å². The first-order valence-corrected chi connectivity index (χ1v) is 8.73. The second kappa shape index (κ2) is 6.08. The summed E-state index contributed by atoms with van der Waals surface area (Å²) in [6, 6.07) is 1.88. The lowest BCUT2D eigenvalue weighted by atomic mass is 9.95. The Bertz CT molecular complexity index is 589. The molecule has 22 heavy (non-hydrogen) atoms. The number of carbonyl (C=O) groups is 2. The highest BCUT2D eigenvalue weighted by molar-refractivity contribution is 7.12. The minimum atomic E-state index is 0.00820. The van der Waals surface area contributed by atoms with Crippen molar-refractivity contribution in [1.82, 2.24) is 14.7 Å². The van der Waals surface area contributed by atoms with Crippen LogP contribution >= 0.6 is 22.9 Å². The Kier molecular flexibility index (Phi) is 4.32. The number of fused-ring (bicyclic) bond motifs is 4. The highest BCUT2D eigenvalue weighted by Gasteiger charge is 2.39. The molecule has 3 amide bonds. The number of hydrogen-bond acceptors (Lipinski definition) is 3. The second-order valence-corrected chi connectivity index (χ2v) is 7.56. The summed E-state index contributed by atoms with van der Waals surface area (Å²) in [4.78, 5) is 31.1. The van der Waals surface area contributed by atoms with E-state index in [-0.39, 0.29) is 18.0 Å². The van der Waals surface area contributed by atoms with Gasteiger partial charge in [-0.2, -0.15) is 0 Å².